The Kier molecular flexibility index (Phi) is 6.20. The molecule has 0 heterocycles. The van der Waals surface area contributed by atoms with Crippen molar-refractivity contribution in [3.8, 4) is 11.1 Å². The molecule has 0 amide bonds. The van der Waals surface area contributed by atoms with Crippen LogP contribution in [0.25, 0.3) is 11.1 Å². The number of halogens is 1. The van der Waals surface area contributed by atoms with Crippen molar-refractivity contribution in [3.63, 3.8) is 0 Å². The average Bonchev–Trinajstić information content (AvgIpc) is 2.38. The third-order valence-electron chi connectivity index (χ3n) is 2.95. The molecule has 0 bridgehead atoms. The van der Waals surface area contributed by atoms with Crippen LogP contribution < -0.4 is 0 Å². The number of benzene rings is 2. The second-order valence-electron chi connectivity index (χ2n) is 4.17. The van der Waals surface area contributed by atoms with Gasteiger partial charge >= 0.3 is 51.5 Å². The van der Waals surface area contributed by atoms with Crippen molar-refractivity contribution in [2.24, 2.45) is 0 Å². The Hall–Kier alpha value is -0.679. The SMILES string of the molecule is CC(C(=O)O)c1ccc(-c2ccccc2)c(F)c1.[H-].[H-].[Sr+2]. The fourth-order valence-electron chi connectivity index (χ4n) is 1.80. The Morgan fingerprint density at radius 2 is 1.84 bits per heavy atom. The molecule has 0 aliphatic rings. The third-order valence-corrected chi connectivity index (χ3v) is 2.95. The van der Waals surface area contributed by atoms with Crippen LogP contribution in [0.4, 0.5) is 4.39 Å². The van der Waals surface area contributed by atoms with Crippen molar-refractivity contribution in [2.75, 3.05) is 0 Å². The minimum absolute atomic E-state index is 0. The van der Waals surface area contributed by atoms with Crippen molar-refractivity contribution in [1.29, 1.82) is 0 Å². The second-order valence-corrected chi connectivity index (χ2v) is 4.17. The van der Waals surface area contributed by atoms with Gasteiger partial charge in [-0.1, -0.05) is 42.5 Å². The van der Waals surface area contributed by atoms with E-state index in [4.69, 9.17) is 5.11 Å². The molecule has 0 spiro atoms. The van der Waals surface area contributed by atoms with Crippen molar-refractivity contribution in [2.45, 2.75) is 12.8 Å². The first-order chi connectivity index (χ1) is 8.59. The van der Waals surface area contributed by atoms with E-state index in [1.54, 1.807) is 19.1 Å². The van der Waals surface area contributed by atoms with E-state index in [2.05, 4.69) is 0 Å². The predicted molar refractivity (Wildman–Crippen MR) is 75.9 cm³/mol. The Balaban J connectivity index is 0. The van der Waals surface area contributed by atoms with Gasteiger partial charge in [-0.2, -0.15) is 0 Å². The van der Waals surface area contributed by atoms with Gasteiger partial charge in [-0.05, 0) is 24.1 Å². The summed E-state index contributed by atoms with van der Waals surface area (Å²) < 4.78 is 14.0. The average molecular weight is 334 g/mol. The minimum Gasteiger partial charge on any atom is -1.00 e. The van der Waals surface area contributed by atoms with E-state index in [0.717, 1.165) is 5.56 Å². The van der Waals surface area contributed by atoms with E-state index < -0.39 is 17.7 Å². The maximum Gasteiger partial charge on any atom is 2.00 e. The summed E-state index contributed by atoms with van der Waals surface area (Å²) in [5.41, 5.74) is 1.74. The van der Waals surface area contributed by atoms with Crippen LogP contribution in [0.1, 0.15) is 21.3 Å². The monoisotopic (exact) mass is 334 g/mol. The molecule has 1 unspecified atom stereocenters. The Morgan fingerprint density at radius 1 is 1.21 bits per heavy atom. The van der Waals surface area contributed by atoms with Crippen LogP contribution in [0.3, 0.4) is 0 Å². The largest absolute Gasteiger partial charge is 2.00 e. The molecule has 96 valence electrons. The first-order valence-corrected chi connectivity index (χ1v) is 5.67. The van der Waals surface area contributed by atoms with E-state index in [1.807, 2.05) is 30.3 Å². The normalized spacial score (nSPS) is 11.5. The van der Waals surface area contributed by atoms with Crippen LogP contribution in [0.2, 0.25) is 0 Å². The summed E-state index contributed by atoms with van der Waals surface area (Å²) in [5.74, 6) is -2.06. The summed E-state index contributed by atoms with van der Waals surface area (Å²) in [6.07, 6.45) is 0. The van der Waals surface area contributed by atoms with Gasteiger partial charge < -0.3 is 7.96 Å². The molecule has 2 aromatic carbocycles. The number of aliphatic carboxylic acids is 1. The number of hydrogen-bond donors (Lipinski definition) is 1. The molecule has 0 saturated heterocycles. The van der Waals surface area contributed by atoms with Gasteiger partial charge in [-0.15, -0.1) is 0 Å². The summed E-state index contributed by atoms with van der Waals surface area (Å²) in [6.45, 7) is 1.54. The summed E-state index contributed by atoms with van der Waals surface area (Å²) in [5, 5.41) is 8.89. The summed E-state index contributed by atoms with van der Waals surface area (Å²) in [6, 6.07) is 13.7. The van der Waals surface area contributed by atoms with Gasteiger partial charge in [-0.3, -0.25) is 4.79 Å². The molecular weight excluding hydrogens is 319 g/mol. The van der Waals surface area contributed by atoms with Crippen LogP contribution >= 0.6 is 0 Å². The van der Waals surface area contributed by atoms with E-state index in [9.17, 15) is 9.18 Å². The van der Waals surface area contributed by atoms with Gasteiger partial charge in [0.15, 0.2) is 0 Å². The minimum atomic E-state index is -0.957. The third kappa shape index (κ3) is 3.89. The van der Waals surface area contributed by atoms with Crippen LogP contribution in [0.5, 0.6) is 0 Å². The van der Waals surface area contributed by atoms with Gasteiger partial charge in [0.2, 0.25) is 0 Å². The molecular formula is C15H15FO2Sr. The molecule has 0 radical (unpaired) electrons. The maximum absolute atomic E-state index is 14.0. The maximum atomic E-state index is 14.0. The quantitative estimate of drug-likeness (QED) is 0.872. The van der Waals surface area contributed by atoms with Crippen LogP contribution in [-0.4, -0.2) is 56.6 Å². The number of carboxylic acid groups (broad SMARTS) is 1. The number of carboxylic acids is 1. The molecule has 2 rings (SSSR count). The van der Waals surface area contributed by atoms with Crippen molar-refractivity contribution in [1.82, 2.24) is 0 Å². The van der Waals surface area contributed by atoms with Gasteiger partial charge in [0.25, 0.3) is 0 Å². The first kappa shape index (κ1) is 16.4. The molecule has 0 aliphatic heterocycles. The predicted octanol–water partition coefficient (Wildman–Crippen LogP) is 3.53. The van der Waals surface area contributed by atoms with Crippen LogP contribution in [-0.2, 0) is 4.79 Å². The summed E-state index contributed by atoms with van der Waals surface area (Å²) >= 11 is 0. The Bertz CT molecular complexity index is 579. The van der Waals surface area contributed by atoms with E-state index in [1.165, 1.54) is 6.07 Å². The molecule has 2 nitrogen and oxygen atoms in total. The zero-order chi connectivity index (χ0) is 13.1. The summed E-state index contributed by atoms with van der Waals surface area (Å²) in [4.78, 5) is 10.8. The van der Waals surface area contributed by atoms with Crippen LogP contribution in [0, 0.1) is 5.82 Å². The fraction of sp³-hybridized carbons (Fsp3) is 0.133. The fourth-order valence-corrected chi connectivity index (χ4v) is 1.80. The standard InChI is InChI=1S/C15H13FO2.Sr.2H/c1-10(15(17)18)12-7-8-13(14(16)9-12)11-5-3-2-4-6-11;;;/h2-10H,1H3,(H,17,18);;;/q;+2;2*-1. The molecule has 19 heavy (non-hydrogen) atoms. The number of carbonyl (C=O) groups is 1. The molecule has 2 aromatic rings. The zero-order valence-electron chi connectivity index (χ0n) is 12.6. The Labute approximate surface area is 151 Å². The van der Waals surface area contributed by atoms with E-state index in [0.29, 0.717) is 11.1 Å². The van der Waals surface area contributed by atoms with Gasteiger partial charge in [0.1, 0.15) is 5.82 Å². The Morgan fingerprint density at radius 3 is 2.37 bits per heavy atom. The van der Waals surface area contributed by atoms with Crippen molar-refractivity contribution >= 4 is 51.5 Å². The van der Waals surface area contributed by atoms with Crippen LogP contribution in [0.15, 0.2) is 48.5 Å². The van der Waals surface area contributed by atoms with E-state index in [-0.39, 0.29) is 48.3 Å². The molecule has 0 saturated carbocycles. The number of rotatable bonds is 3. The van der Waals surface area contributed by atoms with Gasteiger partial charge in [0, 0.05) is 5.56 Å². The molecule has 0 fully saturated rings. The first-order valence-electron chi connectivity index (χ1n) is 5.67. The number of hydrogen-bond acceptors (Lipinski definition) is 1. The molecule has 4 heteroatoms. The smallest absolute Gasteiger partial charge is 1.00 e. The zero-order valence-corrected chi connectivity index (χ0v) is 14.1. The molecule has 1 N–H and O–H groups in total. The molecule has 0 aliphatic carbocycles. The van der Waals surface area contributed by atoms with Crippen molar-refractivity contribution < 1.29 is 17.1 Å². The summed E-state index contributed by atoms with van der Waals surface area (Å²) in [7, 11) is 0. The van der Waals surface area contributed by atoms with Crippen molar-refractivity contribution in [3.05, 3.63) is 59.9 Å². The topological polar surface area (TPSA) is 37.3 Å². The van der Waals surface area contributed by atoms with Gasteiger partial charge in [-0.25, -0.2) is 4.39 Å². The molecule has 1 atom stereocenters. The molecule has 0 aromatic heterocycles. The second kappa shape index (κ2) is 7.20. The van der Waals surface area contributed by atoms with Gasteiger partial charge in [0.05, 0.1) is 5.92 Å². The van der Waals surface area contributed by atoms with E-state index >= 15 is 0 Å².